The molecule has 0 aromatic heterocycles. The molecule has 108 valence electrons. The lowest BCUT2D eigenvalue weighted by Crippen LogP contribution is -2.61. The van der Waals surface area contributed by atoms with Crippen LogP contribution in [-0.4, -0.2) is 29.8 Å². The van der Waals surface area contributed by atoms with Crippen molar-refractivity contribution in [3.63, 3.8) is 0 Å². The summed E-state index contributed by atoms with van der Waals surface area (Å²) in [7, 11) is 0. The molecular formula is C18H25NO. The number of carbonyl (C=O) groups excluding carboxylic acids is 1. The van der Waals surface area contributed by atoms with Crippen LogP contribution in [0.4, 0.5) is 0 Å². The number of hydrogen-bond donors (Lipinski definition) is 0. The highest BCUT2D eigenvalue weighted by Crippen LogP contribution is 2.44. The van der Waals surface area contributed by atoms with E-state index in [2.05, 4.69) is 36.1 Å². The molecule has 0 spiro atoms. The van der Waals surface area contributed by atoms with Gasteiger partial charge in [-0.25, -0.2) is 0 Å². The summed E-state index contributed by atoms with van der Waals surface area (Å²) in [5.41, 5.74) is 1.31. The van der Waals surface area contributed by atoms with Gasteiger partial charge in [0.25, 0.3) is 0 Å². The van der Waals surface area contributed by atoms with E-state index in [1.807, 2.05) is 6.07 Å². The fourth-order valence-electron chi connectivity index (χ4n) is 3.98. The lowest BCUT2D eigenvalue weighted by Gasteiger charge is -2.51. The van der Waals surface area contributed by atoms with Crippen LogP contribution < -0.4 is 0 Å². The molecule has 1 unspecified atom stereocenters. The van der Waals surface area contributed by atoms with Gasteiger partial charge in [-0.2, -0.15) is 0 Å². The Bertz CT molecular complexity index is 460. The monoisotopic (exact) mass is 271 g/mol. The number of unbranched alkanes of at least 4 members (excludes halogenated alkanes) is 1. The molecule has 3 aliphatic rings. The second kappa shape index (κ2) is 5.69. The van der Waals surface area contributed by atoms with Crippen LogP contribution in [0.1, 0.15) is 44.6 Å². The number of hydrogen-bond acceptors (Lipinski definition) is 2. The molecule has 1 atom stereocenters. The van der Waals surface area contributed by atoms with Crippen molar-refractivity contribution in [1.82, 2.24) is 4.90 Å². The van der Waals surface area contributed by atoms with Gasteiger partial charge in [-0.05, 0) is 44.3 Å². The number of ketones is 1. The van der Waals surface area contributed by atoms with Crippen molar-refractivity contribution in [2.24, 2.45) is 5.41 Å². The summed E-state index contributed by atoms with van der Waals surface area (Å²) < 4.78 is 0. The minimum absolute atomic E-state index is 0.0181. The summed E-state index contributed by atoms with van der Waals surface area (Å²) in [4.78, 5) is 15.4. The van der Waals surface area contributed by atoms with Crippen molar-refractivity contribution in [2.45, 2.75) is 51.5 Å². The van der Waals surface area contributed by atoms with Gasteiger partial charge in [0, 0.05) is 5.41 Å². The molecule has 0 radical (unpaired) electrons. The standard InChI is InChI=1S/C18H25NO/c1-2-3-9-18-10-12-19(13-11-18)16(17(18)20)14-15-7-5-4-6-8-15/h4-8,16H,2-3,9-14H2,1H3. The molecule has 2 nitrogen and oxygen atoms in total. The predicted molar refractivity (Wildman–Crippen MR) is 81.7 cm³/mol. The van der Waals surface area contributed by atoms with Crippen LogP contribution >= 0.6 is 0 Å². The van der Waals surface area contributed by atoms with E-state index < -0.39 is 0 Å². The van der Waals surface area contributed by atoms with Crippen molar-refractivity contribution in [2.75, 3.05) is 13.1 Å². The van der Waals surface area contributed by atoms with Crippen LogP contribution in [0, 0.1) is 5.41 Å². The third-order valence-corrected chi connectivity index (χ3v) is 5.30. The number of carbonyl (C=O) groups is 1. The zero-order chi connectivity index (χ0) is 14.0. The maximum Gasteiger partial charge on any atom is 0.156 e. The largest absolute Gasteiger partial charge is 0.297 e. The van der Waals surface area contributed by atoms with E-state index in [4.69, 9.17) is 0 Å². The van der Waals surface area contributed by atoms with Gasteiger partial charge in [0.15, 0.2) is 5.78 Å². The maximum atomic E-state index is 13.0. The van der Waals surface area contributed by atoms with Gasteiger partial charge in [0.2, 0.25) is 0 Å². The van der Waals surface area contributed by atoms with Crippen molar-refractivity contribution in [3.8, 4) is 0 Å². The van der Waals surface area contributed by atoms with Gasteiger partial charge in [-0.1, -0.05) is 50.1 Å². The van der Waals surface area contributed by atoms with Gasteiger partial charge in [-0.15, -0.1) is 0 Å². The molecule has 20 heavy (non-hydrogen) atoms. The molecule has 2 bridgehead atoms. The first-order valence-electron chi connectivity index (χ1n) is 8.07. The van der Waals surface area contributed by atoms with E-state index in [0.29, 0.717) is 5.78 Å². The van der Waals surface area contributed by atoms with E-state index in [0.717, 1.165) is 38.8 Å². The number of nitrogens with zero attached hydrogens (tertiary/aromatic N) is 1. The molecule has 3 heterocycles. The maximum absolute atomic E-state index is 13.0. The third kappa shape index (κ3) is 2.42. The molecule has 0 aliphatic carbocycles. The summed E-state index contributed by atoms with van der Waals surface area (Å²) in [6, 6.07) is 10.6. The molecule has 2 heteroatoms. The van der Waals surface area contributed by atoms with Crippen molar-refractivity contribution in [3.05, 3.63) is 35.9 Å². The smallest absolute Gasteiger partial charge is 0.156 e. The molecule has 3 aliphatic heterocycles. The minimum atomic E-state index is 0.0181. The number of fused-ring (bicyclic) bond motifs is 3. The minimum Gasteiger partial charge on any atom is -0.297 e. The first kappa shape index (κ1) is 13.8. The van der Waals surface area contributed by atoms with E-state index in [9.17, 15) is 4.79 Å². The Labute approximate surface area is 122 Å². The van der Waals surface area contributed by atoms with Gasteiger partial charge in [-0.3, -0.25) is 9.69 Å². The predicted octanol–water partition coefficient (Wildman–Crippen LogP) is 3.45. The molecule has 4 rings (SSSR count). The number of benzene rings is 1. The molecule has 0 amide bonds. The highest BCUT2D eigenvalue weighted by atomic mass is 16.1. The first-order valence-corrected chi connectivity index (χ1v) is 8.07. The average Bonchev–Trinajstić information content (AvgIpc) is 2.51. The molecule has 1 aromatic rings. The van der Waals surface area contributed by atoms with Crippen LogP contribution in [0.3, 0.4) is 0 Å². The summed E-state index contributed by atoms with van der Waals surface area (Å²) in [5.74, 6) is 0.535. The average molecular weight is 271 g/mol. The van der Waals surface area contributed by atoms with Gasteiger partial charge < -0.3 is 0 Å². The van der Waals surface area contributed by atoms with Crippen LogP contribution in [-0.2, 0) is 11.2 Å². The number of rotatable bonds is 5. The lowest BCUT2D eigenvalue weighted by atomic mass is 9.64. The molecule has 0 saturated carbocycles. The zero-order valence-electron chi connectivity index (χ0n) is 12.5. The molecule has 3 fully saturated rings. The fraction of sp³-hybridized carbons (Fsp3) is 0.611. The topological polar surface area (TPSA) is 20.3 Å². The SMILES string of the molecule is CCCCC12CCN(CC1)C(Cc1ccccc1)C2=O. The van der Waals surface area contributed by atoms with E-state index in [-0.39, 0.29) is 11.5 Å². The highest BCUT2D eigenvalue weighted by molar-refractivity contribution is 5.91. The summed E-state index contributed by atoms with van der Waals surface area (Å²) in [6.45, 7) is 4.46. The zero-order valence-corrected chi connectivity index (χ0v) is 12.5. The molecule has 3 saturated heterocycles. The van der Waals surface area contributed by atoms with E-state index >= 15 is 0 Å². The van der Waals surface area contributed by atoms with E-state index in [1.165, 1.54) is 18.4 Å². The van der Waals surface area contributed by atoms with Crippen LogP contribution in [0.5, 0.6) is 0 Å². The second-order valence-electron chi connectivity index (χ2n) is 6.49. The Morgan fingerprint density at radius 1 is 1.20 bits per heavy atom. The van der Waals surface area contributed by atoms with Crippen LogP contribution in [0.15, 0.2) is 30.3 Å². The Morgan fingerprint density at radius 2 is 1.90 bits per heavy atom. The molecular weight excluding hydrogens is 246 g/mol. The number of piperidine rings is 3. The van der Waals surface area contributed by atoms with Gasteiger partial charge in [0.1, 0.15) is 0 Å². The fourth-order valence-corrected chi connectivity index (χ4v) is 3.98. The Morgan fingerprint density at radius 3 is 2.55 bits per heavy atom. The summed E-state index contributed by atoms with van der Waals surface area (Å²) >= 11 is 0. The number of Topliss-reactive ketones (excluding diaryl/α,β-unsaturated/α-hetero) is 1. The molecule has 0 N–H and O–H groups in total. The quantitative estimate of drug-likeness (QED) is 0.817. The van der Waals surface area contributed by atoms with Crippen LogP contribution in [0.25, 0.3) is 0 Å². The summed E-state index contributed by atoms with van der Waals surface area (Å²) in [6.07, 6.45) is 6.59. The van der Waals surface area contributed by atoms with Gasteiger partial charge >= 0.3 is 0 Å². The first-order chi connectivity index (χ1) is 9.75. The Hall–Kier alpha value is -1.15. The normalized spacial score (nSPS) is 32.5. The van der Waals surface area contributed by atoms with E-state index in [1.54, 1.807) is 0 Å². The third-order valence-electron chi connectivity index (χ3n) is 5.30. The van der Waals surface area contributed by atoms with Crippen molar-refractivity contribution in [1.29, 1.82) is 0 Å². The molecule has 1 aromatic carbocycles. The lowest BCUT2D eigenvalue weighted by molar-refractivity contribution is -0.148. The van der Waals surface area contributed by atoms with Crippen LogP contribution in [0.2, 0.25) is 0 Å². The van der Waals surface area contributed by atoms with Crippen molar-refractivity contribution >= 4 is 5.78 Å². The van der Waals surface area contributed by atoms with Gasteiger partial charge in [0.05, 0.1) is 6.04 Å². The summed E-state index contributed by atoms with van der Waals surface area (Å²) in [5, 5.41) is 0. The second-order valence-corrected chi connectivity index (χ2v) is 6.49. The Kier molecular flexibility index (Phi) is 3.93. The van der Waals surface area contributed by atoms with Crippen molar-refractivity contribution < 1.29 is 4.79 Å². The highest BCUT2D eigenvalue weighted by Gasteiger charge is 2.50. The Balaban J connectivity index is 1.77.